The molecule has 1 fully saturated rings. The van der Waals surface area contributed by atoms with Gasteiger partial charge in [-0.25, -0.2) is 0 Å². The fraction of sp³-hybridized carbons (Fsp3) is 0.647. The smallest absolute Gasteiger partial charge is 0.0254 e. The van der Waals surface area contributed by atoms with Crippen molar-refractivity contribution in [2.24, 2.45) is 11.8 Å². The maximum Gasteiger partial charge on any atom is 0.0254 e. The molecule has 0 aromatic heterocycles. The molecular weight excluding hydrogens is 254 g/mol. The molecule has 1 N–H and O–H groups in total. The lowest BCUT2D eigenvalue weighted by atomic mass is 9.80. The van der Waals surface area contributed by atoms with Gasteiger partial charge in [0.1, 0.15) is 0 Å². The summed E-state index contributed by atoms with van der Waals surface area (Å²) in [5.74, 6) is 2.33. The largest absolute Gasteiger partial charge is 0.312 e. The maximum absolute atomic E-state index is 6.09. The van der Waals surface area contributed by atoms with E-state index in [9.17, 15) is 0 Å². The molecule has 19 heavy (non-hydrogen) atoms. The first-order chi connectivity index (χ1) is 9.20. The lowest BCUT2D eigenvalue weighted by Crippen LogP contribution is -2.31. The monoisotopic (exact) mass is 279 g/mol. The van der Waals surface area contributed by atoms with Crippen molar-refractivity contribution in [3.8, 4) is 0 Å². The zero-order valence-electron chi connectivity index (χ0n) is 12.2. The van der Waals surface area contributed by atoms with E-state index >= 15 is 0 Å². The van der Waals surface area contributed by atoms with E-state index in [2.05, 4.69) is 37.4 Å². The molecule has 2 atom stereocenters. The van der Waals surface area contributed by atoms with Crippen LogP contribution in [0.1, 0.15) is 42.4 Å². The number of alkyl halides is 1. The van der Waals surface area contributed by atoms with Gasteiger partial charge in [-0.05, 0) is 56.2 Å². The average Bonchev–Trinajstić information content (AvgIpc) is 2.43. The zero-order chi connectivity index (χ0) is 13.7. The molecule has 0 aliphatic heterocycles. The zero-order valence-corrected chi connectivity index (χ0v) is 13.0. The van der Waals surface area contributed by atoms with Crippen LogP contribution in [-0.4, -0.2) is 12.4 Å². The van der Waals surface area contributed by atoms with Crippen molar-refractivity contribution in [3.63, 3.8) is 0 Å². The van der Waals surface area contributed by atoms with Crippen molar-refractivity contribution < 1.29 is 0 Å². The molecule has 2 unspecified atom stereocenters. The van der Waals surface area contributed by atoms with E-state index in [1.54, 1.807) is 0 Å². The Hall–Kier alpha value is -0.530. The molecule has 2 heteroatoms. The van der Waals surface area contributed by atoms with Crippen LogP contribution in [0.3, 0.4) is 0 Å². The molecule has 0 bridgehead atoms. The van der Waals surface area contributed by atoms with Gasteiger partial charge in [-0.15, -0.1) is 11.6 Å². The molecule has 0 saturated heterocycles. The Morgan fingerprint density at radius 1 is 1.16 bits per heavy atom. The molecule has 2 rings (SSSR count). The van der Waals surface area contributed by atoms with E-state index in [1.165, 1.54) is 42.4 Å². The molecule has 1 aliphatic rings. The molecule has 0 heterocycles. The Morgan fingerprint density at radius 2 is 1.89 bits per heavy atom. The van der Waals surface area contributed by atoms with Gasteiger partial charge >= 0.3 is 0 Å². The Morgan fingerprint density at radius 3 is 2.63 bits per heavy atom. The van der Waals surface area contributed by atoms with Gasteiger partial charge < -0.3 is 5.32 Å². The number of rotatable bonds is 5. The molecule has 0 spiro atoms. The molecule has 1 nitrogen and oxygen atoms in total. The molecule has 0 radical (unpaired) electrons. The van der Waals surface area contributed by atoms with Crippen molar-refractivity contribution in [2.75, 3.05) is 12.4 Å². The number of nitrogens with one attached hydrogen (secondary N) is 1. The Labute approximate surface area is 122 Å². The first kappa shape index (κ1) is 14.9. The summed E-state index contributed by atoms with van der Waals surface area (Å²) >= 11 is 6.09. The van der Waals surface area contributed by atoms with Crippen molar-refractivity contribution in [2.45, 2.75) is 46.1 Å². The van der Waals surface area contributed by atoms with E-state index in [0.29, 0.717) is 0 Å². The second-order valence-corrected chi connectivity index (χ2v) is 6.33. The number of aryl methyl sites for hydroxylation is 2. The van der Waals surface area contributed by atoms with Crippen LogP contribution in [0.25, 0.3) is 0 Å². The van der Waals surface area contributed by atoms with Crippen LogP contribution in [-0.2, 0) is 6.54 Å². The number of hydrogen-bond acceptors (Lipinski definition) is 1. The van der Waals surface area contributed by atoms with Crippen LogP contribution in [0.4, 0.5) is 0 Å². The third kappa shape index (κ3) is 4.22. The highest BCUT2D eigenvalue weighted by Gasteiger charge is 2.23. The van der Waals surface area contributed by atoms with E-state index in [-0.39, 0.29) is 0 Å². The molecule has 1 aliphatic carbocycles. The standard InChI is InChI=1S/C17H26ClN/c1-13-7-8-14(2)17(9-13)12-19-11-16-6-4-3-5-15(16)10-18/h7-9,15-16,19H,3-6,10-12H2,1-2H3. The predicted molar refractivity (Wildman–Crippen MR) is 83.8 cm³/mol. The SMILES string of the molecule is Cc1ccc(C)c(CNCC2CCCCC2CCl)c1. The quantitative estimate of drug-likeness (QED) is 0.786. The van der Waals surface area contributed by atoms with Gasteiger partial charge in [0.15, 0.2) is 0 Å². The number of hydrogen-bond donors (Lipinski definition) is 1. The summed E-state index contributed by atoms with van der Waals surface area (Å²) in [6.45, 7) is 6.45. The van der Waals surface area contributed by atoms with Gasteiger partial charge in [0.2, 0.25) is 0 Å². The van der Waals surface area contributed by atoms with Crippen molar-refractivity contribution >= 4 is 11.6 Å². The summed E-state index contributed by atoms with van der Waals surface area (Å²) in [5.41, 5.74) is 4.16. The summed E-state index contributed by atoms with van der Waals surface area (Å²) in [6, 6.07) is 6.69. The van der Waals surface area contributed by atoms with Crippen LogP contribution in [0, 0.1) is 25.7 Å². The van der Waals surface area contributed by atoms with Crippen LogP contribution in [0.15, 0.2) is 18.2 Å². The Balaban J connectivity index is 1.83. The second-order valence-electron chi connectivity index (χ2n) is 6.02. The van der Waals surface area contributed by atoms with E-state index < -0.39 is 0 Å². The summed E-state index contributed by atoms with van der Waals surface area (Å²) in [4.78, 5) is 0. The predicted octanol–water partition coefficient (Wildman–Crippen LogP) is 4.44. The van der Waals surface area contributed by atoms with Gasteiger partial charge in [-0.2, -0.15) is 0 Å². The minimum Gasteiger partial charge on any atom is -0.312 e. The fourth-order valence-electron chi connectivity index (χ4n) is 3.14. The van der Waals surface area contributed by atoms with Crippen molar-refractivity contribution in [1.29, 1.82) is 0 Å². The maximum atomic E-state index is 6.09. The highest BCUT2D eigenvalue weighted by molar-refractivity contribution is 6.18. The van der Waals surface area contributed by atoms with Gasteiger partial charge in [0.25, 0.3) is 0 Å². The first-order valence-corrected chi connectivity index (χ1v) is 8.07. The molecule has 106 valence electrons. The van der Waals surface area contributed by atoms with Crippen molar-refractivity contribution in [3.05, 3.63) is 34.9 Å². The molecule has 1 saturated carbocycles. The molecular formula is C17H26ClN. The highest BCUT2D eigenvalue weighted by atomic mass is 35.5. The fourth-order valence-corrected chi connectivity index (χ4v) is 3.55. The number of benzene rings is 1. The first-order valence-electron chi connectivity index (χ1n) is 7.53. The minimum atomic E-state index is 0.724. The summed E-state index contributed by atoms with van der Waals surface area (Å²) < 4.78 is 0. The molecule has 0 amide bonds. The second kappa shape index (κ2) is 7.31. The van der Waals surface area contributed by atoms with E-state index in [4.69, 9.17) is 11.6 Å². The summed E-state index contributed by atoms with van der Waals surface area (Å²) in [7, 11) is 0. The van der Waals surface area contributed by atoms with E-state index in [1.807, 2.05) is 0 Å². The van der Waals surface area contributed by atoms with Gasteiger partial charge in [-0.3, -0.25) is 0 Å². The summed E-state index contributed by atoms with van der Waals surface area (Å²) in [5, 5.41) is 3.65. The van der Waals surface area contributed by atoms with Gasteiger partial charge in [0.05, 0.1) is 0 Å². The van der Waals surface area contributed by atoms with Gasteiger partial charge in [0, 0.05) is 12.4 Å². The number of halogens is 1. The lowest BCUT2D eigenvalue weighted by molar-refractivity contribution is 0.250. The Kier molecular flexibility index (Phi) is 5.72. The topological polar surface area (TPSA) is 12.0 Å². The van der Waals surface area contributed by atoms with Crippen molar-refractivity contribution in [1.82, 2.24) is 5.32 Å². The molecule has 1 aromatic carbocycles. The third-order valence-electron chi connectivity index (χ3n) is 4.49. The van der Waals surface area contributed by atoms with Gasteiger partial charge in [-0.1, -0.05) is 36.6 Å². The summed E-state index contributed by atoms with van der Waals surface area (Å²) in [6.07, 6.45) is 5.41. The van der Waals surface area contributed by atoms with Crippen LogP contribution in [0.2, 0.25) is 0 Å². The average molecular weight is 280 g/mol. The highest BCUT2D eigenvalue weighted by Crippen LogP contribution is 2.30. The third-order valence-corrected chi connectivity index (χ3v) is 4.89. The van der Waals surface area contributed by atoms with E-state index in [0.717, 1.165) is 30.8 Å². The molecule has 1 aromatic rings. The minimum absolute atomic E-state index is 0.724. The van der Waals surface area contributed by atoms with Crippen LogP contribution in [0.5, 0.6) is 0 Å². The normalized spacial score (nSPS) is 23.5. The Bertz CT molecular complexity index is 402. The lowest BCUT2D eigenvalue weighted by Gasteiger charge is -2.30. The van der Waals surface area contributed by atoms with Crippen LogP contribution < -0.4 is 5.32 Å². The van der Waals surface area contributed by atoms with Crippen LogP contribution >= 0.6 is 11.6 Å².